The van der Waals surface area contributed by atoms with E-state index in [2.05, 4.69) is 37.9 Å². The van der Waals surface area contributed by atoms with Gasteiger partial charge in [-0.1, -0.05) is 27.2 Å². The summed E-state index contributed by atoms with van der Waals surface area (Å²) in [5, 5.41) is 3.59. The van der Waals surface area contributed by atoms with E-state index in [1.807, 2.05) is 0 Å². The van der Waals surface area contributed by atoms with Crippen LogP contribution in [0.3, 0.4) is 0 Å². The highest BCUT2D eigenvalue weighted by Crippen LogP contribution is 2.07. The van der Waals surface area contributed by atoms with Crippen molar-refractivity contribution in [3.63, 3.8) is 0 Å². The second-order valence-electron chi connectivity index (χ2n) is 5.21. The molecule has 0 fully saturated rings. The zero-order valence-corrected chi connectivity index (χ0v) is 13.2. The van der Waals surface area contributed by atoms with Crippen LogP contribution in [-0.4, -0.2) is 50.3 Å². The Bertz CT molecular complexity index is 176. The van der Waals surface area contributed by atoms with Gasteiger partial charge in [-0.05, 0) is 39.3 Å². The highest BCUT2D eigenvalue weighted by atomic mass is 16.5. The molecule has 0 radical (unpaired) electrons. The Morgan fingerprint density at radius 2 is 1.89 bits per heavy atom. The highest BCUT2D eigenvalue weighted by molar-refractivity contribution is 4.75. The summed E-state index contributed by atoms with van der Waals surface area (Å²) < 4.78 is 5.33. The van der Waals surface area contributed by atoms with Crippen LogP contribution in [0, 0.1) is 0 Å². The van der Waals surface area contributed by atoms with Crippen molar-refractivity contribution in [1.29, 1.82) is 0 Å². The van der Waals surface area contributed by atoms with Gasteiger partial charge >= 0.3 is 0 Å². The van der Waals surface area contributed by atoms with E-state index in [0.29, 0.717) is 12.1 Å². The third-order valence-electron chi connectivity index (χ3n) is 3.52. The van der Waals surface area contributed by atoms with Gasteiger partial charge in [-0.15, -0.1) is 0 Å². The zero-order chi connectivity index (χ0) is 13.8. The summed E-state index contributed by atoms with van der Waals surface area (Å²) in [6.07, 6.45) is 4.96. The summed E-state index contributed by atoms with van der Waals surface area (Å²) in [6, 6.07) is 1.13. The minimum absolute atomic E-state index is 0.459. The highest BCUT2D eigenvalue weighted by Gasteiger charge is 2.17. The van der Waals surface area contributed by atoms with Crippen molar-refractivity contribution in [2.24, 2.45) is 0 Å². The molecule has 0 heterocycles. The van der Waals surface area contributed by atoms with Crippen molar-refractivity contribution >= 4 is 0 Å². The average Bonchev–Trinajstić information content (AvgIpc) is 2.39. The van der Waals surface area contributed by atoms with E-state index in [9.17, 15) is 0 Å². The van der Waals surface area contributed by atoms with Crippen molar-refractivity contribution in [1.82, 2.24) is 10.2 Å². The van der Waals surface area contributed by atoms with Crippen molar-refractivity contribution in [2.45, 2.75) is 65.5 Å². The van der Waals surface area contributed by atoms with Crippen LogP contribution in [0.2, 0.25) is 0 Å². The molecule has 0 aromatic carbocycles. The molecule has 0 bridgehead atoms. The number of unbranched alkanes of at least 4 members (excludes halogenated alkanes) is 1. The lowest BCUT2D eigenvalue weighted by atomic mass is 10.1. The van der Waals surface area contributed by atoms with E-state index in [-0.39, 0.29) is 0 Å². The Hall–Kier alpha value is -0.120. The molecule has 0 aromatic rings. The first-order valence-corrected chi connectivity index (χ1v) is 7.65. The van der Waals surface area contributed by atoms with Gasteiger partial charge in [-0.2, -0.15) is 0 Å². The Labute approximate surface area is 114 Å². The van der Waals surface area contributed by atoms with Gasteiger partial charge in [-0.25, -0.2) is 0 Å². The first-order valence-electron chi connectivity index (χ1n) is 7.65. The lowest BCUT2D eigenvalue weighted by Gasteiger charge is -2.32. The minimum Gasteiger partial charge on any atom is -0.383 e. The average molecular weight is 258 g/mol. The fraction of sp³-hybridized carbons (Fsp3) is 1.00. The molecule has 2 atom stereocenters. The van der Waals surface area contributed by atoms with E-state index in [4.69, 9.17) is 4.74 Å². The fourth-order valence-corrected chi connectivity index (χ4v) is 2.12. The summed E-state index contributed by atoms with van der Waals surface area (Å²) in [6.45, 7) is 13.3. The van der Waals surface area contributed by atoms with Crippen LogP contribution in [0.25, 0.3) is 0 Å². The zero-order valence-electron chi connectivity index (χ0n) is 13.2. The summed E-state index contributed by atoms with van der Waals surface area (Å²) in [5.74, 6) is 0. The van der Waals surface area contributed by atoms with Crippen LogP contribution >= 0.6 is 0 Å². The van der Waals surface area contributed by atoms with Crippen molar-refractivity contribution in [2.75, 3.05) is 33.4 Å². The molecular weight excluding hydrogens is 224 g/mol. The van der Waals surface area contributed by atoms with Gasteiger partial charge in [0.15, 0.2) is 0 Å². The SMILES string of the molecule is CCCCN(CC(COC)NCCC)C(C)CC. The van der Waals surface area contributed by atoms with Gasteiger partial charge < -0.3 is 10.1 Å². The van der Waals surface area contributed by atoms with E-state index in [0.717, 1.165) is 19.7 Å². The quantitative estimate of drug-likeness (QED) is 0.582. The van der Waals surface area contributed by atoms with Crippen LogP contribution in [0.5, 0.6) is 0 Å². The molecule has 110 valence electrons. The molecule has 3 heteroatoms. The van der Waals surface area contributed by atoms with Gasteiger partial charge in [0.25, 0.3) is 0 Å². The summed E-state index contributed by atoms with van der Waals surface area (Å²) in [5.41, 5.74) is 0. The standard InChI is InChI=1S/C15H34N2O/c1-6-9-11-17(14(4)8-3)12-15(13-18-5)16-10-7-2/h14-16H,6-13H2,1-5H3. The molecule has 0 aliphatic heterocycles. The number of ether oxygens (including phenoxy) is 1. The molecule has 18 heavy (non-hydrogen) atoms. The number of nitrogens with one attached hydrogen (secondary N) is 1. The molecule has 0 aliphatic rings. The van der Waals surface area contributed by atoms with E-state index in [1.54, 1.807) is 7.11 Å². The largest absolute Gasteiger partial charge is 0.383 e. The monoisotopic (exact) mass is 258 g/mol. The van der Waals surface area contributed by atoms with Crippen molar-refractivity contribution in [3.8, 4) is 0 Å². The Morgan fingerprint density at radius 1 is 1.17 bits per heavy atom. The van der Waals surface area contributed by atoms with Gasteiger partial charge in [0.05, 0.1) is 6.61 Å². The molecule has 0 saturated carbocycles. The molecular formula is C15H34N2O. The lowest BCUT2D eigenvalue weighted by molar-refractivity contribution is 0.119. The van der Waals surface area contributed by atoms with E-state index >= 15 is 0 Å². The van der Waals surface area contributed by atoms with Gasteiger partial charge in [0.2, 0.25) is 0 Å². The van der Waals surface area contributed by atoms with Crippen molar-refractivity contribution in [3.05, 3.63) is 0 Å². The normalized spacial score (nSPS) is 15.0. The molecule has 0 aromatic heterocycles. The number of hydrogen-bond acceptors (Lipinski definition) is 3. The maximum Gasteiger partial charge on any atom is 0.0628 e. The number of rotatable bonds is 12. The Balaban J connectivity index is 4.27. The first kappa shape index (κ1) is 17.9. The van der Waals surface area contributed by atoms with Crippen LogP contribution in [0.4, 0.5) is 0 Å². The van der Waals surface area contributed by atoms with Crippen molar-refractivity contribution < 1.29 is 4.74 Å². The van der Waals surface area contributed by atoms with Crippen LogP contribution in [-0.2, 0) is 4.74 Å². The third-order valence-corrected chi connectivity index (χ3v) is 3.52. The Kier molecular flexibility index (Phi) is 11.9. The summed E-state index contributed by atoms with van der Waals surface area (Å²) >= 11 is 0. The molecule has 0 aliphatic carbocycles. The molecule has 0 rings (SSSR count). The third kappa shape index (κ3) is 8.06. The van der Waals surface area contributed by atoms with Crippen LogP contribution in [0.15, 0.2) is 0 Å². The minimum atomic E-state index is 0.459. The maximum absolute atomic E-state index is 5.33. The molecule has 1 N–H and O–H groups in total. The predicted octanol–water partition coefficient (Wildman–Crippen LogP) is 2.90. The van der Waals surface area contributed by atoms with Crippen LogP contribution < -0.4 is 5.32 Å². The molecule has 0 amide bonds. The fourth-order valence-electron chi connectivity index (χ4n) is 2.12. The first-order chi connectivity index (χ1) is 8.69. The lowest BCUT2D eigenvalue weighted by Crippen LogP contribution is -2.47. The predicted molar refractivity (Wildman–Crippen MR) is 80.2 cm³/mol. The van der Waals surface area contributed by atoms with E-state index < -0.39 is 0 Å². The molecule has 2 unspecified atom stereocenters. The van der Waals surface area contributed by atoms with Gasteiger partial charge in [0.1, 0.15) is 0 Å². The topological polar surface area (TPSA) is 24.5 Å². The molecule has 0 saturated heterocycles. The number of methoxy groups -OCH3 is 1. The molecule has 3 nitrogen and oxygen atoms in total. The smallest absolute Gasteiger partial charge is 0.0628 e. The second-order valence-corrected chi connectivity index (χ2v) is 5.21. The Morgan fingerprint density at radius 3 is 2.39 bits per heavy atom. The number of nitrogens with zero attached hydrogens (tertiary/aromatic N) is 1. The van der Waals surface area contributed by atoms with Gasteiger partial charge in [-0.3, -0.25) is 4.90 Å². The van der Waals surface area contributed by atoms with E-state index in [1.165, 1.54) is 32.2 Å². The van der Waals surface area contributed by atoms with Gasteiger partial charge in [0, 0.05) is 25.7 Å². The number of hydrogen-bond donors (Lipinski definition) is 1. The summed E-state index contributed by atoms with van der Waals surface area (Å²) in [4.78, 5) is 2.61. The molecule has 0 spiro atoms. The van der Waals surface area contributed by atoms with Crippen LogP contribution in [0.1, 0.15) is 53.4 Å². The maximum atomic E-state index is 5.33. The summed E-state index contributed by atoms with van der Waals surface area (Å²) in [7, 11) is 1.79. The second kappa shape index (κ2) is 11.9.